The molecule has 0 aliphatic carbocycles. The number of nitrogens with zero attached hydrogens (tertiary/aromatic N) is 3. The van der Waals surface area contributed by atoms with E-state index >= 15 is 0 Å². The summed E-state index contributed by atoms with van der Waals surface area (Å²) in [5.41, 5.74) is 4.59. The second-order valence-corrected chi connectivity index (χ2v) is 7.33. The number of para-hydroxylation sites is 1. The Morgan fingerprint density at radius 2 is 1.68 bits per heavy atom. The lowest BCUT2D eigenvalue weighted by atomic mass is 10.1. The number of rotatable bonds is 5. The number of fused-ring (bicyclic) bond motifs is 1. The number of oxazole rings is 1. The van der Waals surface area contributed by atoms with Gasteiger partial charge in [-0.25, -0.2) is 4.98 Å². The second kappa shape index (κ2) is 8.21. The lowest BCUT2D eigenvalue weighted by molar-refractivity contribution is 0.327. The van der Waals surface area contributed by atoms with Crippen molar-refractivity contribution in [3.8, 4) is 11.5 Å². The highest BCUT2D eigenvalue weighted by atomic mass is 35.5. The van der Waals surface area contributed by atoms with Crippen molar-refractivity contribution in [3.05, 3.63) is 78.3 Å². The summed E-state index contributed by atoms with van der Waals surface area (Å²) >= 11 is 0. The van der Waals surface area contributed by atoms with Gasteiger partial charge in [0, 0.05) is 30.4 Å². The fourth-order valence-corrected chi connectivity index (χ4v) is 3.91. The van der Waals surface area contributed by atoms with E-state index < -0.39 is 0 Å². The SMILES string of the molecule is Cl.c1ccc2c(c1)ccn2Cc1ccc(-c2nc(CN3CCCC3)co2)cc1. The molecule has 2 aromatic carbocycles. The van der Waals surface area contributed by atoms with Crippen LogP contribution in [0.25, 0.3) is 22.4 Å². The van der Waals surface area contributed by atoms with Gasteiger partial charge in [0.1, 0.15) is 6.26 Å². The molecule has 0 saturated carbocycles. The average molecular weight is 394 g/mol. The fourth-order valence-electron chi connectivity index (χ4n) is 3.91. The van der Waals surface area contributed by atoms with Crippen molar-refractivity contribution in [2.24, 2.45) is 0 Å². The molecule has 5 heteroatoms. The van der Waals surface area contributed by atoms with Crippen molar-refractivity contribution in [3.63, 3.8) is 0 Å². The van der Waals surface area contributed by atoms with Crippen LogP contribution in [0.15, 0.2) is 71.5 Å². The van der Waals surface area contributed by atoms with Gasteiger partial charge in [0.15, 0.2) is 0 Å². The zero-order chi connectivity index (χ0) is 18.1. The molecule has 3 heterocycles. The van der Waals surface area contributed by atoms with Crippen molar-refractivity contribution in [1.29, 1.82) is 0 Å². The number of likely N-dealkylation sites (tertiary alicyclic amines) is 1. The van der Waals surface area contributed by atoms with Gasteiger partial charge in [-0.05, 0) is 61.1 Å². The van der Waals surface area contributed by atoms with Crippen LogP contribution >= 0.6 is 12.4 Å². The van der Waals surface area contributed by atoms with E-state index in [1.807, 2.05) is 0 Å². The van der Waals surface area contributed by atoms with E-state index in [0.29, 0.717) is 5.89 Å². The Labute approximate surface area is 171 Å². The third-order valence-corrected chi connectivity index (χ3v) is 5.37. The van der Waals surface area contributed by atoms with Gasteiger partial charge in [0.05, 0.1) is 5.69 Å². The predicted molar refractivity (Wildman–Crippen MR) is 115 cm³/mol. The van der Waals surface area contributed by atoms with Gasteiger partial charge in [-0.2, -0.15) is 0 Å². The maximum absolute atomic E-state index is 5.72. The minimum absolute atomic E-state index is 0. The molecule has 1 fully saturated rings. The van der Waals surface area contributed by atoms with E-state index in [-0.39, 0.29) is 12.4 Å². The summed E-state index contributed by atoms with van der Waals surface area (Å²) in [6.07, 6.45) is 6.54. The monoisotopic (exact) mass is 393 g/mol. The molecule has 0 atom stereocenters. The summed E-state index contributed by atoms with van der Waals surface area (Å²) in [6.45, 7) is 4.10. The highest BCUT2D eigenvalue weighted by Crippen LogP contribution is 2.22. The molecule has 2 aromatic heterocycles. The molecular formula is C23H24ClN3O. The first-order valence-corrected chi connectivity index (χ1v) is 9.65. The van der Waals surface area contributed by atoms with Crippen LogP contribution in [0, 0.1) is 0 Å². The molecule has 0 radical (unpaired) electrons. The molecule has 28 heavy (non-hydrogen) atoms. The summed E-state index contributed by atoms with van der Waals surface area (Å²) in [4.78, 5) is 7.11. The third kappa shape index (κ3) is 3.84. The van der Waals surface area contributed by atoms with Crippen molar-refractivity contribution in [2.75, 3.05) is 13.1 Å². The van der Waals surface area contributed by atoms with Crippen LogP contribution in [0.5, 0.6) is 0 Å². The first kappa shape index (κ1) is 18.8. The average Bonchev–Trinajstić information content (AvgIpc) is 3.45. The molecule has 144 valence electrons. The molecular weight excluding hydrogens is 370 g/mol. The third-order valence-electron chi connectivity index (χ3n) is 5.37. The van der Waals surface area contributed by atoms with Crippen LogP contribution in [0.4, 0.5) is 0 Å². The van der Waals surface area contributed by atoms with Crippen LogP contribution < -0.4 is 0 Å². The molecule has 1 aliphatic heterocycles. The lowest BCUT2D eigenvalue weighted by Gasteiger charge is -2.11. The zero-order valence-corrected chi connectivity index (χ0v) is 16.6. The smallest absolute Gasteiger partial charge is 0.226 e. The molecule has 1 aliphatic rings. The first-order chi connectivity index (χ1) is 13.3. The summed E-state index contributed by atoms with van der Waals surface area (Å²) in [7, 11) is 0. The van der Waals surface area contributed by atoms with E-state index in [1.54, 1.807) is 6.26 Å². The Morgan fingerprint density at radius 1 is 0.893 bits per heavy atom. The molecule has 4 nitrogen and oxygen atoms in total. The van der Waals surface area contributed by atoms with Gasteiger partial charge in [-0.3, -0.25) is 4.90 Å². The van der Waals surface area contributed by atoms with E-state index in [9.17, 15) is 0 Å². The molecule has 1 saturated heterocycles. The maximum Gasteiger partial charge on any atom is 0.226 e. The Hall–Kier alpha value is -2.56. The normalized spacial score (nSPS) is 14.4. The van der Waals surface area contributed by atoms with Gasteiger partial charge in [0.25, 0.3) is 0 Å². The van der Waals surface area contributed by atoms with E-state index in [4.69, 9.17) is 4.42 Å². The van der Waals surface area contributed by atoms with Crippen LogP contribution in [-0.4, -0.2) is 27.5 Å². The molecule has 0 bridgehead atoms. The number of benzene rings is 2. The summed E-state index contributed by atoms with van der Waals surface area (Å²) in [5.74, 6) is 0.710. The van der Waals surface area contributed by atoms with Gasteiger partial charge in [0.2, 0.25) is 5.89 Å². The minimum atomic E-state index is 0. The Bertz CT molecular complexity index is 1050. The standard InChI is InChI=1S/C23H23N3O.ClH/c1-2-6-22-19(5-1)11-14-26(22)15-18-7-9-20(10-8-18)23-24-21(17-27-23)16-25-12-3-4-13-25;/h1-2,5-11,14,17H,3-4,12-13,15-16H2;1H. The zero-order valence-electron chi connectivity index (χ0n) is 15.8. The number of hydrogen-bond donors (Lipinski definition) is 0. The van der Waals surface area contributed by atoms with Gasteiger partial charge < -0.3 is 8.98 Å². The fraction of sp³-hybridized carbons (Fsp3) is 0.261. The summed E-state index contributed by atoms with van der Waals surface area (Å²) in [6, 6.07) is 19.2. The lowest BCUT2D eigenvalue weighted by Crippen LogP contribution is -2.18. The first-order valence-electron chi connectivity index (χ1n) is 9.65. The quantitative estimate of drug-likeness (QED) is 0.457. The van der Waals surface area contributed by atoms with Crippen molar-refractivity contribution < 1.29 is 4.42 Å². The highest BCUT2D eigenvalue weighted by Gasteiger charge is 2.14. The number of hydrogen-bond acceptors (Lipinski definition) is 3. The van der Waals surface area contributed by atoms with Crippen molar-refractivity contribution in [1.82, 2.24) is 14.5 Å². The number of halogens is 1. The highest BCUT2D eigenvalue weighted by molar-refractivity contribution is 5.85. The summed E-state index contributed by atoms with van der Waals surface area (Å²) in [5, 5.41) is 1.28. The van der Waals surface area contributed by atoms with E-state index in [2.05, 4.69) is 75.2 Å². The van der Waals surface area contributed by atoms with Crippen molar-refractivity contribution in [2.45, 2.75) is 25.9 Å². The van der Waals surface area contributed by atoms with E-state index in [0.717, 1.165) is 24.3 Å². The van der Waals surface area contributed by atoms with Gasteiger partial charge in [-0.1, -0.05) is 30.3 Å². The summed E-state index contributed by atoms with van der Waals surface area (Å²) < 4.78 is 8.00. The maximum atomic E-state index is 5.72. The molecule has 4 aromatic rings. The minimum Gasteiger partial charge on any atom is -0.444 e. The van der Waals surface area contributed by atoms with Crippen molar-refractivity contribution >= 4 is 23.3 Å². The topological polar surface area (TPSA) is 34.2 Å². The molecule has 0 amide bonds. The largest absolute Gasteiger partial charge is 0.444 e. The Balaban J connectivity index is 0.00000192. The van der Waals surface area contributed by atoms with Crippen LogP contribution in [0.2, 0.25) is 0 Å². The Morgan fingerprint density at radius 3 is 2.50 bits per heavy atom. The van der Waals surface area contributed by atoms with Crippen LogP contribution in [-0.2, 0) is 13.1 Å². The molecule has 5 rings (SSSR count). The second-order valence-electron chi connectivity index (χ2n) is 7.33. The Kier molecular flexibility index (Phi) is 5.51. The van der Waals surface area contributed by atoms with Crippen LogP contribution in [0.1, 0.15) is 24.1 Å². The van der Waals surface area contributed by atoms with Gasteiger partial charge in [-0.15, -0.1) is 12.4 Å². The van der Waals surface area contributed by atoms with E-state index in [1.165, 1.54) is 42.4 Å². The predicted octanol–water partition coefficient (Wildman–Crippen LogP) is 5.36. The molecule has 0 spiro atoms. The molecule has 0 unspecified atom stereocenters. The van der Waals surface area contributed by atoms with Gasteiger partial charge >= 0.3 is 0 Å². The molecule has 0 N–H and O–H groups in total. The van der Waals surface area contributed by atoms with Crippen LogP contribution in [0.3, 0.4) is 0 Å². The number of aromatic nitrogens is 2.